The van der Waals surface area contributed by atoms with Gasteiger partial charge in [-0.3, -0.25) is 14.4 Å². The number of benzene rings is 2. The molecule has 0 saturated carbocycles. The Morgan fingerprint density at radius 1 is 1.06 bits per heavy atom. The van der Waals surface area contributed by atoms with Crippen LogP contribution in [0, 0.1) is 0 Å². The maximum Gasteiger partial charge on any atom is 0.418 e. The molecule has 0 atom stereocenters. The summed E-state index contributed by atoms with van der Waals surface area (Å²) in [6.07, 6.45) is -1.95. The van der Waals surface area contributed by atoms with Crippen molar-refractivity contribution in [2.45, 2.75) is 6.18 Å². The summed E-state index contributed by atoms with van der Waals surface area (Å²) < 4.78 is 42.9. The van der Waals surface area contributed by atoms with Crippen LogP contribution in [-0.2, 0) is 6.18 Å². The molecule has 2 aromatic heterocycles. The van der Waals surface area contributed by atoms with Gasteiger partial charge in [-0.15, -0.1) is 0 Å². The molecule has 0 fully saturated rings. The van der Waals surface area contributed by atoms with Gasteiger partial charge in [0.25, 0.3) is 0 Å². The van der Waals surface area contributed by atoms with E-state index >= 15 is 0 Å². The van der Waals surface area contributed by atoms with Gasteiger partial charge in [-0.2, -0.15) is 13.2 Å². The number of rotatable bonds is 4. The molecule has 2 amide bonds. The monoisotopic (exact) mass is 457 g/mol. The van der Waals surface area contributed by atoms with Gasteiger partial charge in [-0.1, -0.05) is 18.2 Å². The van der Waals surface area contributed by atoms with E-state index in [-0.39, 0.29) is 16.6 Å². The van der Waals surface area contributed by atoms with Crippen LogP contribution in [0.4, 0.5) is 23.7 Å². The number of fused-ring (bicyclic) bond motifs is 1. The number of alkyl halides is 3. The normalized spacial score (nSPS) is 11.4. The van der Waals surface area contributed by atoms with E-state index in [0.717, 1.165) is 10.6 Å². The van der Waals surface area contributed by atoms with Crippen LogP contribution in [0.2, 0.25) is 0 Å². The number of nitrogens with one attached hydrogen (secondary N) is 3. The first kappa shape index (κ1) is 21.6. The number of hydrogen-bond acceptors (Lipinski definition) is 4. The molecule has 12 heteroatoms. The molecule has 4 rings (SSSR count). The van der Waals surface area contributed by atoms with Crippen LogP contribution in [0.3, 0.4) is 0 Å². The maximum atomic E-state index is 13.8. The average molecular weight is 457 g/mol. The molecule has 0 bridgehead atoms. The van der Waals surface area contributed by atoms with Gasteiger partial charge >= 0.3 is 23.3 Å². The first-order valence-electron chi connectivity index (χ1n) is 9.34. The number of hydrogen-bond donors (Lipinski definition) is 3. The molecular weight excluding hydrogens is 443 g/mol. The Bertz CT molecular complexity index is 1490. The third-order valence-electron chi connectivity index (χ3n) is 4.68. The van der Waals surface area contributed by atoms with Gasteiger partial charge in [0.2, 0.25) is 0 Å². The van der Waals surface area contributed by atoms with Gasteiger partial charge in [0.1, 0.15) is 0 Å². The van der Waals surface area contributed by atoms with Crippen LogP contribution in [-0.4, -0.2) is 26.5 Å². The van der Waals surface area contributed by atoms with Gasteiger partial charge in [0, 0.05) is 23.6 Å². The molecule has 0 aliphatic heterocycles. The Kier molecular flexibility index (Phi) is 5.34. The van der Waals surface area contributed by atoms with Gasteiger partial charge in [0.15, 0.2) is 6.29 Å². The van der Waals surface area contributed by atoms with Crippen molar-refractivity contribution < 1.29 is 22.8 Å². The number of carbonyl (C=O) groups is 2. The van der Waals surface area contributed by atoms with Crippen molar-refractivity contribution in [2.24, 2.45) is 0 Å². The zero-order valence-corrected chi connectivity index (χ0v) is 16.5. The highest BCUT2D eigenvalue weighted by Crippen LogP contribution is 2.36. The number of aldehydes is 1. The standard InChI is InChI=1S/C21H14F3N5O4/c22-21(23,24)14-8-15-17(9-16(14)28-7-6-12(10-28)11-30)29(19(32)18(31)26-15)27-20(33)25-13-4-2-1-3-5-13/h1-11H,(H,26,31)(H2,25,27,33). The highest BCUT2D eigenvalue weighted by atomic mass is 19.4. The summed E-state index contributed by atoms with van der Waals surface area (Å²) in [6, 6.07) is 10.2. The SMILES string of the molecule is O=Cc1ccn(-c2cc3c(cc2C(F)(F)F)[nH]c(=O)c(=O)n3NC(=O)Nc2ccccc2)c1. The van der Waals surface area contributed by atoms with E-state index in [2.05, 4.69) is 15.7 Å². The quantitative estimate of drug-likeness (QED) is 0.322. The second kappa shape index (κ2) is 8.15. The summed E-state index contributed by atoms with van der Waals surface area (Å²) in [7, 11) is 0. The summed E-state index contributed by atoms with van der Waals surface area (Å²) in [5, 5.41) is 2.45. The number of aromatic nitrogens is 3. The number of halogens is 3. The number of anilines is 1. The van der Waals surface area contributed by atoms with Crippen LogP contribution in [0.25, 0.3) is 16.7 Å². The maximum absolute atomic E-state index is 13.8. The lowest BCUT2D eigenvalue weighted by molar-refractivity contribution is -0.137. The van der Waals surface area contributed by atoms with E-state index in [4.69, 9.17) is 0 Å². The second-order valence-corrected chi connectivity index (χ2v) is 6.88. The topological polar surface area (TPSA) is 118 Å². The fourth-order valence-electron chi connectivity index (χ4n) is 3.22. The Balaban J connectivity index is 1.89. The van der Waals surface area contributed by atoms with E-state index in [1.54, 1.807) is 30.3 Å². The number of amides is 2. The van der Waals surface area contributed by atoms with E-state index in [0.29, 0.717) is 22.7 Å². The summed E-state index contributed by atoms with van der Waals surface area (Å²) in [5.41, 5.74) is -1.83. The number of nitrogens with zero attached hydrogens (tertiary/aromatic N) is 2. The van der Waals surface area contributed by atoms with E-state index in [9.17, 15) is 32.3 Å². The van der Waals surface area contributed by atoms with Gasteiger partial charge in [-0.25, -0.2) is 14.9 Å². The molecule has 168 valence electrons. The lowest BCUT2D eigenvalue weighted by Crippen LogP contribution is -2.43. The molecule has 0 radical (unpaired) electrons. The Morgan fingerprint density at radius 2 is 1.79 bits per heavy atom. The molecule has 4 aromatic rings. The van der Waals surface area contributed by atoms with Crippen LogP contribution in [0.5, 0.6) is 0 Å². The third kappa shape index (κ3) is 4.26. The number of urea groups is 1. The lowest BCUT2D eigenvalue weighted by atomic mass is 10.1. The molecule has 0 spiro atoms. The van der Waals surface area contributed by atoms with E-state index in [1.807, 2.05) is 0 Å². The van der Waals surface area contributed by atoms with Gasteiger partial charge in [-0.05, 0) is 30.3 Å². The first-order chi connectivity index (χ1) is 15.7. The zero-order valence-electron chi connectivity index (χ0n) is 16.5. The summed E-state index contributed by atoms with van der Waals surface area (Å²) in [5.74, 6) is 0. The molecular formula is C21H14F3N5O4. The van der Waals surface area contributed by atoms with Gasteiger partial charge < -0.3 is 14.9 Å². The lowest BCUT2D eigenvalue weighted by Gasteiger charge is -2.17. The van der Waals surface area contributed by atoms with Crippen molar-refractivity contribution >= 4 is 29.0 Å². The molecule has 0 aliphatic rings. The predicted octanol–water partition coefficient (Wildman–Crippen LogP) is 3.09. The third-order valence-corrected chi connectivity index (χ3v) is 4.68. The minimum atomic E-state index is -4.83. The zero-order chi connectivity index (χ0) is 23.8. The van der Waals surface area contributed by atoms with Crippen molar-refractivity contribution in [1.29, 1.82) is 0 Å². The first-order valence-corrected chi connectivity index (χ1v) is 9.34. The number of aromatic amines is 1. The van der Waals surface area contributed by atoms with Gasteiger partial charge in [0.05, 0.1) is 22.3 Å². The molecule has 0 unspecified atom stereocenters. The average Bonchev–Trinajstić information content (AvgIpc) is 3.25. The molecule has 2 aromatic carbocycles. The molecule has 9 nitrogen and oxygen atoms in total. The number of para-hydroxylation sites is 1. The fourth-order valence-corrected chi connectivity index (χ4v) is 3.22. The largest absolute Gasteiger partial charge is 0.418 e. The molecule has 33 heavy (non-hydrogen) atoms. The molecule has 0 saturated heterocycles. The van der Waals surface area contributed by atoms with Crippen LogP contribution >= 0.6 is 0 Å². The summed E-state index contributed by atoms with van der Waals surface area (Å²) in [6.45, 7) is 0. The number of carbonyl (C=O) groups excluding carboxylic acids is 2. The molecule has 2 heterocycles. The smallest absolute Gasteiger partial charge is 0.322 e. The van der Waals surface area contributed by atoms with E-state index in [1.165, 1.54) is 18.5 Å². The van der Waals surface area contributed by atoms with Crippen molar-refractivity contribution in [2.75, 3.05) is 10.7 Å². The Morgan fingerprint density at radius 3 is 2.42 bits per heavy atom. The fraction of sp³-hybridized carbons (Fsp3) is 0.0476. The molecule has 0 aliphatic carbocycles. The number of H-pyrrole nitrogens is 1. The van der Waals surface area contributed by atoms with Crippen LogP contribution in [0.1, 0.15) is 15.9 Å². The minimum Gasteiger partial charge on any atom is -0.322 e. The Hall–Kier alpha value is -4.61. The summed E-state index contributed by atoms with van der Waals surface area (Å²) >= 11 is 0. The van der Waals surface area contributed by atoms with Crippen molar-refractivity contribution in [3.05, 3.63) is 92.8 Å². The van der Waals surface area contributed by atoms with Crippen molar-refractivity contribution in [3.8, 4) is 5.69 Å². The predicted molar refractivity (Wildman–Crippen MR) is 113 cm³/mol. The highest BCUT2D eigenvalue weighted by molar-refractivity contribution is 5.96. The molecule has 3 N–H and O–H groups in total. The summed E-state index contributed by atoms with van der Waals surface area (Å²) in [4.78, 5) is 50.0. The van der Waals surface area contributed by atoms with Crippen molar-refractivity contribution in [1.82, 2.24) is 14.2 Å². The van der Waals surface area contributed by atoms with E-state index < -0.39 is 34.6 Å². The second-order valence-electron chi connectivity index (χ2n) is 6.88. The minimum absolute atomic E-state index is 0.127. The highest BCUT2D eigenvalue weighted by Gasteiger charge is 2.35. The van der Waals surface area contributed by atoms with Crippen LogP contribution in [0.15, 0.2) is 70.5 Å². The van der Waals surface area contributed by atoms with Crippen LogP contribution < -0.4 is 21.9 Å². The Labute approximate surface area is 182 Å². The van der Waals surface area contributed by atoms with Crippen molar-refractivity contribution in [3.63, 3.8) is 0 Å².